The molecule has 1 aliphatic heterocycles. The summed E-state index contributed by atoms with van der Waals surface area (Å²) in [6.45, 7) is 12.1. The standard InChI is InChI=1S/C16H26N2O3/c1-11(2)15(18-5-7-20-8-6-18)10-17-16(19)14-9-12(3)21-13(14)4/h9,11,15H,5-8,10H2,1-4H3,(H,17,19)/t15-/m1/s1. The number of carbonyl (C=O) groups excluding carboxylic acids is 1. The van der Waals surface area contributed by atoms with Gasteiger partial charge < -0.3 is 14.5 Å². The zero-order valence-electron chi connectivity index (χ0n) is 13.4. The first-order valence-electron chi connectivity index (χ1n) is 7.66. The molecule has 0 unspecified atom stereocenters. The summed E-state index contributed by atoms with van der Waals surface area (Å²) < 4.78 is 10.8. The Balaban J connectivity index is 1.95. The molecule has 1 N–H and O–H groups in total. The fourth-order valence-electron chi connectivity index (χ4n) is 2.84. The van der Waals surface area contributed by atoms with Crippen molar-refractivity contribution >= 4 is 5.91 Å². The van der Waals surface area contributed by atoms with Crippen molar-refractivity contribution in [2.45, 2.75) is 33.7 Å². The highest BCUT2D eigenvalue weighted by Crippen LogP contribution is 2.15. The highest BCUT2D eigenvalue weighted by molar-refractivity contribution is 5.95. The van der Waals surface area contributed by atoms with E-state index < -0.39 is 0 Å². The number of nitrogens with one attached hydrogen (secondary N) is 1. The van der Waals surface area contributed by atoms with Crippen LogP contribution < -0.4 is 5.32 Å². The Morgan fingerprint density at radius 3 is 2.52 bits per heavy atom. The van der Waals surface area contributed by atoms with Crippen LogP contribution in [0, 0.1) is 19.8 Å². The number of hydrogen-bond donors (Lipinski definition) is 1. The van der Waals surface area contributed by atoms with Crippen molar-refractivity contribution in [2.75, 3.05) is 32.8 Å². The number of amides is 1. The fourth-order valence-corrected chi connectivity index (χ4v) is 2.84. The maximum atomic E-state index is 12.3. The fraction of sp³-hybridized carbons (Fsp3) is 0.688. The topological polar surface area (TPSA) is 54.7 Å². The molecule has 0 radical (unpaired) electrons. The summed E-state index contributed by atoms with van der Waals surface area (Å²) >= 11 is 0. The first kappa shape index (κ1) is 16.0. The lowest BCUT2D eigenvalue weighted by Gasteiger charge is -2.36. The van der Waals surface area contributed by atoms with E-state index >= 15 is 0 Å². The van der Waals surface area contributed by atoms with Crippen molar-refractivity contribution in [3.05, 3.63) is 23.2 Å². The van der Waals surface area contributed by atoms with Gasteiger partial charge in [-0.2, -0.15) is 0 Å². The molecule has 0 spiro atoms. The third-order valence-electron chi connectivity index (χ3n) is 4.04. The van der Waals surface area contributed by atoms with Gasteiger partial charge in [-0.15, -0.1) is 0 Å². The molecule has 0 aromatic carbocycles. The van der Waals surface area contributed by atoms with Crippen molar-refractivity contribution < 1.29 is 13.9 Å². The van der Waals surface area contributed by atoms with Gasteiger partial charge in [0.05, 0.1) is 18.8 Å². The van der Waals surface area contributed by atoms with Gasteiger partial charge >= 0.3 is 0 Å². The van der Waals surface area contributed by atoms with E-state index in [0.29, 0.717) is 29.8 Å². The van der Waals surface area contributed by atoms with Gasteiger partial charge in [0.15, 0.2) is 0 Å². The van der Waals surface area contributed by atoms with Crippen LogP contribution in [0.15, 0.2) is 10.5 Å². The lowest BCUT2D eigenvalue weighted by molar-refractivity contribution is 0.00672. The molecular weight excluding hydrogens is 268 g/mol. The zero-order chi connectivity index (χ0) is 15.4. The number of rotatable bonds is 5. The van der Waals surface area contributed by atoms with Crippen LogP contribution >= 0.6 is 0 Å². The monoisotopic (exact) mass is 294 g/mol. The van der Waals surface area contributed by atoms with Gasteiger partial charge in [-0.1, -0.05) is 13.8 Å². The summed E-state index contributed by atoms with van der Waals surface area (Å²) in [7, 11) is 0. The van der Waals surface area contributed by atoms with Crippen molar-refractivity contribution in [3.63, 3.8) is 0 Å². The largest absolute Gasteiger partial charge is 0.466 e. The molecule has 1 fully saturated rings. The van der Waals surface area contributed by atoms with Crippen molar-refractivity contribution in [1.82, 2.24) is 10.2 Å². The Hall–Kier alpha value is -1.33. The van der Waals surface area contributed by atoms with E-state index in [2.05, 4.69) is 24.1 Å². The number of aryl methyl sites for hydroxylation is 2. The minimum Gasteiger partial charge on any atom is -0.466 e. The SMILES string of the molecule is Cc1cc(C(=O)NC[C@H](C(C)C)N2CCOCC2)c(C)o1. The maximum absolute atomic E-state index is 12.3. The van der Waals surface area contributed by atoms with Crippen LogP contribution in [0.3, 0.4) is 0 Å². The molecule has 5 heteroatoms. The predicted molar refractivity (Wildman–Crippen MR) is 81.5 cm³/mol. The van der Waals surface area contributed by atoms with Crippen molar-refractivity contribution in [1.29, 1.82) is 0 Å². The number of carbonyl (C=O) groups is 1. The van der Waals surface area contributed by atoms with Crippen LogP contribution in [0.4, 0.5) is 0 Å². The third kappa shape index (κ3) is 4.08. The summed E-state index contributed by atoms with van der Waals surface area (Å²) in [4.78, 5) is 14.7. The Labute approximate surface area is 126 Å². The molecule has 1 aromatic rings. The van der Waals surface area contributed by atoms with E-state index in [1.54, 1.807) is 6.07 Å². The van der Waals surface area contributed by atoms with Gasteiger partial charge in [0.25, 0.3) is 5.91 Å². The summed E-state index contributed by atoms with van der Waals surface area (Å²) in [6.07, 6.45) is 0. The van der Waals surface area contributed by atoms with Gasteiger partial charge in [0, 0.05) is 25.7 Å². The van der Waals surface area contributed by atoms with E-state index in [-0.39, 0.29) is 5.91 Å². The van der Waals surface area contributed by atoms with Gasteiger partial charge in [-0.3, -0.25) is 9.69 Å². The van der Waals surface area contributed by atoms with Crippen molar-refractivity contribution in [3.8, 4) is 0 Å². The maximum Gasteiger partial charge on any atom is 0.254 e. The predicted octanol–water partition coefficient (Wildman–Crippen LogP) is 1.98. The first-order chi connectivity index (χ1) is 9.99. The van der Waals surface area contributed by atoms with E-state index in [4.69, 9.17) is 9.15 Å². The number of ether oxygens (including phenoxy) is 1. The van der Waals surface area contributed by atoms with Gasteiger partial charge in [0.1, 0.15) is 11.5 Å². The molecule has 5 nitrogen and oxygen atoms in total. The molecule has 1 aliphatic rings. The highest BCUT2D eigenvalue weighted by Gasteiger charge is 2.24. The number of nitrogens with zero attached hydrogens (tertiary/aromatic N) is 1. The summed E-state index contributed by atoms with van der Waals surface area (Å²) in [5.41, 5.74) is 0.636. The smallest absolute Gasteiger partial charge is 0.254 e. The molecule has 1 saturated heterocycles. The normalized spacial score (nSPS) is 18.0. The van der Waals surface area contributed by atoms with Gasteiger partial charge in [0.2, 0.25) is 0 Å². The lowest BCUT2D eigenvalue weighted by atomic mass is 10.0. The Morgan fingerprint density at radius 1 is 1.33 bits per heavy atom. The Kier molecular flexibility index (Phi) is 5.42. The summed E-state index contributed by atoms with van der Waals surface area (Å²) in [6, 6.07) is 2.13. The second-order valence-corrected chi connectivity index (χ2v) is 6.00. The quantitative estimate of drug-likeness (QED) is 0.902. The Bertz CT molecular complexity index is 476. The molecular formula is C16H26N2O3. The molecule has 0 bridgehead atoms. The van der Waals surface area contributed by atoms with Crippen LogP contribution in [0.1, 0.15) is 35.7 Å². The van der Waals surface area contributed by atoms with Crippen LogP contribution in [0.25, 0.3) is 0 Å². The van der Waals surface area contributed by atoms with Gasteiger partial charge in [-0.05, 0) is 25.8 Å². The second-order valence-electron chi connectivity index (χ2n) is 6.00. The number of hydrogen-bond acceptors (Lipinski definition) is 4. The molecule has 21 heavy (non-hydrogen) atoms. The lowest BCUT2D eigenvalue weighted by Crippen LogP contribution is -2.51. The molecule has 2 rings (SSSR count). The Morgan fingerprint density at radius 2 is 2.00 bits per heavy atom. The van der Waals surface area contributed by atoms with E-state index in [1.165, 1.54) is 0 Å². The minimum atomic E-state index is -0.0525. The van der Waals surface area contributed by atoms with E-state index in [0.717, 1.165) is 32.1 Å². The average Bonchev–Trinajstić information content (AvgIpc) is 2.78. The number of furan rings is 1. The minimum absolute atomic E-state index is 0.0525. The third-order valence-corrected chi connectivity index (χ3v) is 4.04. The molecule has 1 atom stereocenters. The number of morpholine rings is 1. The van der Waals surface area contributed by atoms with Crippen LogP contribution in [-0.2, 0) is 4.74 Å². The highest BCUT2D eigenvalue weighted by atomic mass is 16.5. The molecule has 118 valence electrons. The molecule has 2 heterocycles. The molecule has 1 amide bonds. The van der Waals surface area contributed by atoms with E-state index in [1.807, 2.05) is 13.8 Å². The molecule has 0 saturated carbocycles. The second kappa shape index (κ2) is 7.09. The van der Waals surface area contributed by atoms with Crippen molar-refractivity contribution in [2.24, 2.45) is 5.92 Å². The van der Waals surface area contributed by atoms with Crippen LogP contribution in [-0.4, -0.2) is 49.7 Å². The van der Waals surface area contributed by atoms with Crippen LogP contribution in [0.5, 0.6) is 0 Å². The average molecular weight is 294 g/mol. The van der Waals surface area contributed by atoms with Gasteiger partial charge in [-0.25, -0.2) is 0 Å². The summed E-state index contributed by atoms with van der Waals surface area (Å²) in [5, 5.41) is 3.05. The zero-order valence-corrected chi connectivity index (χ0v) is 13.4. The molecule has 1 aromatic heterocycles. The van der Waals surface area contributed by atoms with E-state index in [9.17, 15) is 4.79 Å². The summed E-state index contributed by atoms with van der Waals surface area (Å²) in [5.74, 6) is 1.88. The van der Waals surface area contributed by atoms with Crippen LogP contribution in [0.2, 0.25) is 0 Å². The molecule has 0 aliphatic carbocycles. The first-order valence-corrected chi connectivity index (χ1v) is 7.66.